The summed E-state index contributed by atoms with van der Waals surface area (Å²) in [7, 11) is 0. The van der Waals surface area contributed by atoms with Gasteiger partial charge in [-0.05, 0) is 24.6 Å². The summed E-state index contributed by atoms with van der Waals surface area (Å²) in [5.74, 6) is -1.02. The lowest BCUT2D eigenvalue weighted by Crippen LogP contribution is -2.43. The zero-order chi connectivity index (χ0) is 14.3. The SMILES string of the molecule is C[C@@H](CN)NC(=O)CNC(=O)Cc1cccc(F)c1.Cl. The molecule has 7 heteroatoms. The van der Waals surface area contributed by atoms with E-state index in [4.69, 9.17) is 5.73 Å². The van der Waals surface area contributed by atoms with Gasteiger partial charge in [0.05, 0.1) is 13.0 Å². The number of rotatable bonds is 6. The van der Waals surface area contributed by atoms with Crippen molar-refractivity contribution in [1.29, 1.82) is 0 Å². The molecule has 1 aromatic carbocycles. The summed E-state index contributed by atoms with van der Waals surface area (Å²) in [6.07, 6.45) is 0.0392. The predicted molar refractivity (Wildman–Crippen MR) is 77.0 cm³/mol. The van der Waals surface area contributed by atoms with Crippen molar-refractivity contribution in [2.45, 2.75) is 19.4 Å². The van der Waals surface area contributed by atoms with Crippen molar-refractivity contribution in [3.05, 3.63) is 35.6 Å². The molecular formula is C13H19ClFN3O2. The van der Waals surface area contributed by atoms with Gasteiger partial charge in [-0.3, -0.25) is 9.59 Å². The van der Waals surface area contributed by atoms with Gasteiger partial charge in [0.1, 0.15) is 5.82 Å². The highest BCUT2D eigenvalue weighted by molar-refractivity contribution is 5.86. The molecule has 0 radical (unpaired) electrons. The van der Waals surface area contributed by atoms with Crippen LogP contribution in [0.2, 0.25) is 0 Å². The van der Waals surface area contributed by atoms with Gasteiger partial charge in [0, 0.05) is 12.6 Å². The molecule has 4 N–H and O–H groups in total. The Labute approximate surface area is 123 Å². The van der Waals surface area contributed by atoms with E-state index < -0.39 is 0 Å². The monoisotopic (exact) mass is 303 g/mol. The topological polar surface area (TPSA) is 84.2 Å². The molecular weight excluding hydrogens is 285 g/mol. The Kier molecular flexibility index (Phi) is 8.51. The van der Waals surface area contributed by atoms with E-state index in [0.717, 1.165) is 0 Å². The molecule has 112 valence electrons. The van der Waals surface area contributed by atoms with Crippen LogP contribution in [0.25, 0.3) is 0 Å². The minimum atomic E-state index is -0.389. The first kappa shape index (κ1) is 18.3. The summed E-state index contributed by atoms with van der Waals surface area (Å²) < 4.78 is 12.9. The summed E-state index contributed by atoms with van der Waals surface area (Å²) in [5.41, 5.74) is 5.92. The van der Waals surface area contributed by atoms with E-state index in [-0.39, 0.29) is 49.0 Å². The molecule has 0 aliphatic heterocycles. The standard InChI is InChI=1S/C13H18FN3O2.ClH/c1-9(7-15)17-13(19)8-16-12(18)6-10-3-2-4-11(14)5-10;/h2-5,9H,6-8,15H2,1H3,(H,16,18)(H,17,19);1H/t9-;/m0./s1. The second-order valence-electron chi connectivity index (χ2n) is 4.29. The third kappa shape index (κ3) is 7.06. The lowest BCUT2D eigenvalue weighted by Gasteiger charge is -2.11. The van der Waals surface area contributed by atoms with Crippen molar-refractivity contribution in [3.63, 3.8) is 0 Å². The third-order valence-corrected chi connectivity index (χ3v) is 2.46. The molecule has 1 rings (SSSR count). The largest absolute Gasteiger partial charge is 0.351 e. The Hall–Kier alpha value is -1.66. The minimum absolute atomic E-state index is 0. The van der Waals surface area contributed by atoms with Gasteiger partial charge in [0.25, 0.3) is 0 Å². The van der Waals surface area contributed by atoms with Crippen LogP contribution in [0.15, 0.2) is 24.3 Å². The summed E-state index contributed by atoms with van der Waals surface area (Å²) in [4.78, 5) is 22.9. The third-order valence-electron chi connectivity index (χ3n) is 2.46. The van der Waals surface area contributed by atoms with E-state index >= 15 is 0 Å². The number of amides is 2. The number of benzene rings is 1. The smallest absolute Gasteiger partial charge is 0.239 e. The van der Waals surface area contributed by atoms with E-state index in [1.54, 1.807) is 13.0 Å². The fraction of sp³-hybridized carbons (Fsp3) is 0.385. The fourth-order valence-corrected chi connectivity index (χ4v) is 1.46. The van der Waals surface area contributed by atoms with Crippen LogP contribution in [0.1, 0.15) is 12.5 Å². The first-order valence-electron chi connectivity index (χ1n) is 6.02. The fourth-order valence-electron chi connectivity index (χ4n) is 1.46. The maximum atomic E-state index is 12.9. The predicted octanol–water partition coefficient (Wildman–Crippen LogP) is 0.370. The van der Waals surface area contributed by atoms with Gasteiger partial charge in [-0.15, -0.1) is 12.4 Å². The first-order valence-corrected chi connectivity index (χ1v) is 6.02. The average molecular weight is 304 g/mol. The van der Waals surface area contributed by atoms with Crippen molar-refractivity contribution in [1.82, 2.24) is 10.6 Å². The average Bonchev–Trinajstić information content (AvgIpc) is 2.36. The van der Waals surface area contributed by atoms with Crippen LogP contribution in [0, 0.1) is 5.82 Å². The molecule has 0 saturated heterocycles. The van der Waals surface area contributed by atoms with E-state index in [2.05, 4.69) is 10.6 Å². The van der Waals surface area contributed by atoms with Crippen LogP contribution in [0.4, 0.5) is 4.39 Å². The molecule has 1 aromatic rings. The summed E-state index contributed by atoms with van der Waals surface area (Å²) in [6, 6.07) is 5.65. The van der Waals surface area contributed by atoms with E-state index in [0.29, 0.717) is 12.1 Å². The zero-order valence-electron chi connectivity index (χ0n) is 11.2. The zero-order valence-corrected chi connectivity index (χ0v) is 12.0. The van der Waals surface area contributed by atoms with Crippen LogP contribution in [0.3, 0.4) is 0 Å². The molecule has 5 nitrogen and oxygen atoms in total. The van der Waals surface area contributed by atoms with Gasteiger partial charge in [-0.25, -0.2) is 4.39 Å². The first-order chi connectivity index (χ1) is 9.01. The van der Waals surface area contributed by atoms with E-state index in [9.17, 15) is 14.0 Å². The Bertz CT molecular complexity index is 457. The molecule has 1 atom stereocenters. The highest BCUT2D eigenvalue weighted by atomic mass is 35.5. The molecule has 0 aliphatic carbocycles. The molecule has 0 aliphatic rings. The molecule has 0 unspecified atom stereocenters. The molecule has 0 heterocycles. The number of nitrogens with two attached hydrogens (primary N) is 1. The molecule has 20 heavy (non-hydrogen) atoms. The minimum Gasteiger partial charge on any atom is -0.351 e. The van der Waals surface area contributed by atoms with Gasteiger partial charge in [-0.2, -0.15) is 0 Å². The number of halogens is 2. The molecule has 2 amide bonds. The van der Waals surface area contributed by atoms with Crippen LogP contribution < -0.4 is 16.4 Å². The van der Waals surface area contributed by atoms with Crippen molar-refractivity contribution < 1.29 is 14.0 Å². The Morgan fingerprint density at radius 3 is 2.65 bits per heavy atom. The quantitative estimate of drug-likeness (QED) is 0.710. The van der Waals surface area contributed by atoms with Gasteiger partial charge in [0.2, 0.25) is 11.8 Å². The van der Waals surface area contributed by atoms with Gasteiger partial charge < -0.3 is 16.4 Å². The van der Waals surface area contributed by atoms with Crippen LogP contribution in [-0.4, -0.2) is 30.9 Å². The second kappa shape index (κ2) is 9.28. The summed E-state index contributed by atoms with van der Waals surface area (Å²) in [5, 5.41) is 5.08. The maximum absolute atomic E-state index is 12.9. The number of carbonyl (C=O) groups excluding carboxylic acids is 2. The lowest BCUT2D eigenvalue weighted by molar-refractivity contribution is -0.126. The van der Waals surface area contributed by atoms with Gasteiger partial charge >= 0.3 is 0 Å². The van der Waals surface area contributed by atoms with Crippen molar-refractivity contribution in [2.24, 2.45) is 5.73 Å². The molecule has 0 spiro atoms. The second-order valence-corrected chi connectivity index (χ2v) is 4.29. The molecule has 0 saturated carbocycles. The van der Waals surface area contributed by atoms with Crippen molar-refractivity contribution in [2.75, 3.05) is 13.1 Å². The van der Waals surface area contributed by atoms with E-state index in [1.165, 1.54) is 18.2 Å². The van der Waals surface area contributed by atoms with Crippen LogP contribution in [0.5, 0.6) is 0 Å². The molecule has 0 aromatic heterocycles. The normalized spacial score (nSPS) is 11.2. The van der Waals surface area contributed by atoms with E-state index in [1.807, 2.05) is 0 Å². The van der Waals surface area contributed by atoms with Crippen molar-refractivity contribution >= 4 is 24.2 Å². The summed E-state index contributed by atoms with van der Waals surface area (Å²) in [6.45, 7) is 1.99. The number of hydrogen-bond donors (Lipinski definition) is 3. The van der Waals surface area contributed by atoms with Gasteiger partial charge in [0.15, 0.2) is 0 Å². The van der Waals surface area contributed by atoms with Crippen LogP contribution in [-0.2, 0) is 16.0 Å². The summed E-state index contributed by atoms with van der Waals surface area (Å²) >= 11 is 0. The molecule has 0 bridgehead atoms. The van der Waals surface area contributed by atoms with Crippen LogP contribution >= 0.6 is 12.4 Å². The highest BCUT2D eigenvalue weighted by Crippen LogP contribution is 2.03. The van der Waals surface area contributed by atoms with Gasteiger partial charge in [-0.1, -0.05) is 12.1 Å². The number of hydrogen-bond acceptors (Lipinski definition) is 3. The maximum Gasteiger partial charge on any atom is 0.239 e. The Morgan fingerprint density at radius 1 is 1.35 bits per heavy atom. The number of carbonyl (C=O) groups is 2. The van der Waals surface area contributed by atoms with Crippen molar-refractivity contribution in [3.8, 4) is 0 Å². The Balaban J connectivity index is 0.00000361. The highest BCUT2D eigenvalue weighted by Gasteiger charge is 2.08. The molecule has 0 fully saturated rings. The Morgan fingerprint density at radius 2 is 2.05 bits per heavy atom. The number of nitrogens with one attached hydrogen (secondary N) is 2. The lowest BCUT2D eigenvalue weighted by atomic mass is 10.1.